The molecule has 2 rings (SSSR count). The van der Waals surface area contributed by atoms with Gasteiger partial charge in [-0.25, -0.2) is 0 Å². The number of alkyl halides is 9. The summed E-state index contributed by atoms with van der Waals surface area (Å²) in [6.45, 7) is 1.55. The van der Waals surface area contributed by atoms with Gasteiger partial charge in [0.15, 0.2) is 0 Å². The Balaban J connectivity index is 2.81. The second-order valence-electron chi connectivity index (χ2n) is 5.34. The van der Waals surface area contributed by atoms with Gasteiger partial charge in [0.05, 0.1) is 16.7 Å². The maximum Gasteiger partial charge on any atom is 0.417 e. The number of hydrogen-bond donors (Lipinski definition) is 0. The molecular formula is C16H10F9P. The number of rotatable bonds is 2. The first-order valence-electron chi connectivity index (χ1n) is 6.94. The minimum absolute atomic E-state index is 0.0542. The molecule has 142 valence electrons. The van der Waals surface area contributed by atoms with Gasteiger partial charge in [-0.05, 0) is 29.2 Å². The highest BCUT2D eigenvalue weighted by Gasteiger charge is 2.51. The smallest absolute Gasteiger partial charge is 0.166 e. The Labute approximate surface area is 143 Å². The maximum absolute atomic E-state index is 13.3. The minimum atomic E-state index is -5.82. The van der Waals surface area contributed by atoms with Crippen molar-refractivity contribution in [2.24, 2.45) is 0 Å². The Bertz CT molecular complexity index is 801. The van der Waals surface area contributed by atoms with Gasteiger partial charge < -0.3 is 0 Å². The van der Waals surface area contributed by atoms with Crippen molar-refractivity contribution in [3.8, 4) is 0 Å². The van der Waals surface area contributed by atoms with E-state index in [-0.39, 0.29) is 6.07 Å². The first kappa shape index (κ1) is 20.6. The molecule has 0 saturated carbocycles. The van der Waals surface area contributed by atoms with Crippen LogP contribution in [0.15, 0.2) is 36.4 Å². The van der Waals surface area contributed by atoms with Crippen molar-refractivity contribution < 1.29 is 39.5 Å². The summed E-state index contributed by atoms with van der Waals surface area (Å²) in [6, 6.07) is 6.55. The van der Waals surface area contributed by atoms with E-state index in [1.165, 1.54) is 12.1 Å². The fraction of sp³-hybridized carbons (Fsp3) is 0.250. The third-order valence-corrected chi connectivity index (χ3v) is 5.01. The van der Waals surface area contributed by atoms with E-state index in [0.717, 1.165) is 0 Å². The van der Waals surface area contributed by atoms with E-state index in [1.54, 1.807) is 19.1 Å². The van der Waals surface area contributed by atoms with E-state index >= 15 is 0 Å². The molecule has 0 nitrogen and oxygen atoms in total. The van der Waals surface area contributed by atoms with Gasteiger partial charge in [-0.3, -0.25) is 0 Å². The molecule has 0 aliphatic heterocycles. The number of halogens is 9. The van der Waals surface area contributed by atoms with Gasteiger partial charge in [0.2, 0.25) is 0 Å². The molecule has 0 heterocycles. The summed E-state index contributed by atoms with van der Waals surface area (Å²) in [5, 5.41) is -0.530. The lowest BCUT2D eigenvalue weighted by atomic mass is 9.99. The molecule has 1 atom stereocenters. The summed E-state index contributed by atoms with van der Waals surface area (Å²) in [5.74, 6) is 0. The summed E-state index contributed by atoms with van der Waals surface area (Å²) in [6.07, 6.45) is -17.0. The largest absolute Gasteiger partial charge is 0.417 e. The molecule has 0 bridgehead atoms. The first-order valence-corrected chi connectivity index (χ1v) is 7.94. The molecule has 0 aromatic heterocycles. The van der Waals surface area contributed by atoms with Crippen LogP contribution in [0.25, 0.3) is 0 Å². The van der Waals surface area contributed by atoms with E-state index in [1.807, 2.05) is 0 Å². The summed E-state index contributed by atoms with van der Waals surface area (Å²) < 4.78 is 118. The molecule has 0 amide bonds. The summed E-state index contributed by atoms with van der Waals surface area (Å²) in [4.78, 5) is 0. The minimum Gasteiger partial charge on any atom is -0.166 e. The normalized spacial score (nSPS) is 13.6. The van der Waals surface area contributed by atoms with Crippen molar-refractivity contribution in [1.82, 2.24) is 0 Å². The Morgan fingerprint density at radius 1 is 0.615 bits per heavy atom. The molecule has 10 heteroatoms. The zero-order valence-corrected chi connectivity index (χ0v) is 13.9. The highest BCUT2D eigenvalue weighted by molar-refractivity contribution is 7.55. The molecule has 0 fully saturated rings. The molecule has 0 radical (unpaired) electrons. The molecule has 0 saturated heterocycles. The molecule has 1 unspecified atom stereocenters. The van der Waals surface area contributed by atoms with Crippen molar-refractivity contribution in [2.75, 3.05) is 0 Å². The van der Waals surface area contributed by atoms with Gasteiger partial charge in [-0.1, -0.05) is 38.9 Å². The molecule has 2 aromatic rings. The average molecular weight is 404 g/mol. The van der Waals surface area contributed by atoms with Crippen molar-refractivity contribution in [3.05, 3.63) is 58.7 Å². The molecular weight excluding hydrogens is 394 g/mol. The quantitative estimate of drug-likeness (QED) is 0.446. The van der Waals surface area contributed by atoms with Crippen LogP contribution in [-0.2, 0) is 18.5 Å². The highest BCUT2D eigenvalue weighted by Crippen LogP contribution is 2.46. The van der Waals surface area contributed by atoms with E-state index in [9.17, 15) is 39.5 Å². The number of hydrogen-bond acceptors (Lipinski definition) is 0. The standard InChI is InChI=1S/C16H10F9P/c1-8-4-2-3-5-10(8)26-11-7-6-9(14(17,18)19)12(15(20,21)22)13(11)16(23,24)25/h2-7,26H,1H3. The van der Waals surface area contributed by atoms with Crippen LogP contribution in [0, 0.1) is 6.92 Å². The van der Waals surface area contributed by atoms with E-state index in [2.05, 4.69) is 0 Å². The lowest BCUT2D eigenvalue weighted by Gasteiger charge is -2.23. The first-order chi connectivity index (χ1) is 11.7. The SMILES string of the molecule is Cc1ccccc1Pc1ccc(C(F)(F)F)c(C(F)(F)F)c1C(F)(F)F. The fourth-order valence-electron chi connectivity index (χ4n) is 2.39. The molecule has 0 aliphatic carbocycles. The Kier molecular flexibility index (Phi) is 5.34. The molecule has 0 aliphatic rings. The lowest BCUT2D eigenvalue weighted by Crippen LogP contribution is -2.29. The summed E-state index contributed by atoms with van der Waals surface area (Å²) in [5.41, 5.74) is -6.82. The van der Waals surface area contributed by atoms with Crippen molar-refractivity contribution in [2.45, 2.75) is 25.5 Å². The van der Waals surface area contributed by atoms with E-state index in [4.69, 9.17) is 0 Å². The summed E-state index contributed by atoms with van der Waals surface area (Å²) in [7, 11) is -0.884. The van der Waals surface area contributed by atoms with Crippen LogP contribution in [0.1, 0.15) is 22.3 Å². The second kappa shape index (κ2) is 6.76. The van der Waals surface area contributed by atoms with Crippen molar-refractivity contribution in [1.29, 1.82) is 0 Å². The molecule has 0 spiro atoms. The third kappa shape index (κ3) is 4.31. The van der Waals surface area contributed by atoms with Gasteiger partial charge in [0.1, 0.15) is 0 Å². The number of aryl methyl sites for hydroxylation is 1. The van der Waals surface area contributed by atoms with Crippen LogP contribution < -0.4 is 10.6 Å². The summed E-state index contributed by atoms with van der Waals surface area (Å²) >= 11 is 0. The van der Waals surface area contributed by atoms with Gasteiger partial charge >= 0.3 is 18.5 Å². The predicted octanol–water partition coefficient (Wildman–Crippen LogP) is 5.68. The zero-order valence-electron chi connectivity index (χ0n) is 12.9. The number of benzene rings is 2. The van der Waals surface area contributed by atoms with Crippen LogP contribution in [0.5, 0.6) is 0 Å². The Hall–Kier alpha value is -1.76. The fourth-order valence-corrected chi connectivity index (χ4v) is 3.70. The average Bonchev–Trinajstić information content (AvgIpc) is 2.46. The Morgan fingerprint density at radius 3 is 1.62 bits per heavy atom. The van der Waals surface area contributed by atoms with Crippen LogP contribution in [0.3, 0.4) is 0 Å². The lowest BCUT2D eigenvalue weighted by molar-refractivity contribution is -0.174. The van der Waals surface area contributed by atoms with E-state index in [0.29, 0.717) is 16.9 Å². The maximum atomic E-state index is 13.3. The third-order valence-electron chi connectivity index (χ3n) is 3.49. The highest BCUT2D eigenvalue weighted by atomic mass is 31.1. The predicted molar refractivity (Wildman–Crippen MR) is 80.2 cm³/mol. The van der Waals surface area contributed by atoms with Gasteiger partial charge in [-0.2, -0.15) is 39.5 Å². The van der Waals surface area contributed by atoms with Gasteiger partial charge in [0.25, 0.3) is 0 Å². The monoisotopic (exact) mass is 404 g/mol. The van der Waals surface area contributed by atoms with Crippen LogP contribution in [-0.4, -0.2) is 0 Å². The topological polar surface area (TPSA) is 0 Å². The Morgan fingerprint density at radius 2 is 1.15 bits per heavy atom. The van der Waals surface area contributed by atoms with Crippen LogP contribution in [0.4, 0.5) is 39.5 Å². The van der Waals surface area contributed by atoms with Crippen molar-refractivity contribution >= 4 is 19.2 Å². The van der Waals surface area contributed by atoms with Crippen molar-refractivity contribution in [3.63, 3.8) is 0 Å². The van der Waals surface area contributed by atoms with Gasteiger partial charge in [-0.15, -0.1) is 0 Å². The molecule has 2 aromatic carbocycles. The molecule has 0 N–H and O–H groups in total. The van der Waals surface area contributed by atoms with Gasteiger partial charge in [0, 0.05) is 0 Å². The van der Waals surface area contributed by atoms with Crippen LogP contribution in [0.2, 0.25) is 0 Å². The molecule has 26 heavy (non-hydrogen) atoms. The van der Waals surface area contributed by atoms with Crippen LogP contribution >= 0.6 is 8.58 Å². The van der Waals surface area contributed by atoms with E-state index < -0.39 is 49.1 Å². The second-order valence-corrected chi connectivity index (χ2v) is 6.67. The zero-order chi connectivity index (χ0) is 19.9.